The molecule has 5 nitrogen and oxygen atoms in total. The summed E-state index contributed by atoms with van der Waals surface area (Å²) in [6.07, 6.45) is 5.77. The van der Waals surface area contributed by atoms with Crippen molar-refractivity contribution in [3.63, 3.8) is 0 Å². The van der Waals surface area contributed by atoms with Gasteiger partial charge in [0.2, 0.25) is 0 Å². The Balaban J connectivity index is 2.58. The van der Waals surface area contributed by atoms with Crippen LogP contribution in [0.4, 0.5) is 0 Å². The van der Waals surface area contributed by atoms with Gasteiger partial charge in [-0.3, -0.25) is 9.48 Å². The fourth-order valence-electron chi connectivity index (χ4n) is 1.59. The molecule has 0 radical (unpaired) electrons. The predicted octanol–water partition coefficient (Wildman–Crippen LogP) is 0.898. The Morgan fingerprint density at radius 3 is 2.94 bits per heavy atom. The predicted molar refractivity (Wildman–Crippen MR) is 61.3 cm³/mol. The van der Waals surface area contributed by atoms with Crippen LogP contribution in [0, 0.1) is 0 Å². The van der Waals surface area contributed by atoms with Gasteiger partial charge in [-0.05, 0) is 18.5 Å². The second-order valence-corrected chi connectivity index (χ2v) is 3.77. The lowest BCUT2D eigenvalue weighted by Crippen LogP contribution is -2.40. The Morgan fingerprint density at radius 2 is 2.38 bits per heavy atom. The van der Waals surface area contributed by atoms with Gasteiger partial charge in [0.05, 0.1) is 12.7 Å². The fraction of sp³-hybridized carbons (Fsp3) is 0.636. The van der Waals surface area contributed by atoms with Crippen LogP contribution < -0.4 is 5.32 Å². The highest BCUT2D eigenvalue weighted by atomic mass is 16.4. The average Bonchev–Trinajstić information content (AvgIpc) is 2.65. The smallest absolute Gasteiger partial charge is 0.322 e. The third kappa shape index (κ3) is 3.66. The SMILES string of the molecule is CCCc1cnn(CC(NCC)C(=O)O)c1. The zero-order valence-corrected chi connectivity index (χ0v) is 9.81. The van der Waals surface area contributed by atoms with E-state index in [1.807, 2.05) is 13.1 Å². The molecule has 0 bridgehead atoms. The number of carboxylic acid groups (broad SMARTS) is 1. The number of aryl methyl sites for hydroxylation is 1. The summed E-state index contributed by atoms with van der Waals surface area (Å²) in [6.45, 7) is 5.00. The van der Waals surface area contributed by atoms with Crippen LogP contribution in [0.5, 0.6) is 0 Å². The van der Waals surface area contributed by atoms with E-state index in [-0.39, 0.29) is 0 Å². The van der Waals surface area contributed by atoms with Crippen molar-refractivity contribution in [1.82, 2.24) is 15.1 Å². The first kappa shape index (κ1) is 12.7. The number of hydrogen-bond donors (Lipinski definition) is 2. The highest BCUT2D eigenvalue weighted by Gasteiger charge is 2.16. The molecule has 0 aliphatic rings. The molecular weight excluding hydrogens is 206 g/mol. The molecule has 2 N–H and O–H groups in total. The summed E-state index contributed by atoms with van der Waals surface area (Å²) >= 11 is 0. The molecule has 1 aromatic rings. The second-order valence-electron chi connectivity index (χ2n) is 3.77. The van der Waals surface area contributed by atoms with E-state index in [0.29, 0.717) is 13.1 Å². The van der Waals surface area contributed by atoms with Crippen LogP contribution in [-0.2, 0) is 17.8 Å². The maximum Gasteiger partial charge on any atom is 0.322 e. The maximum absolute atomic E-state index is 10.9. The topological polar surface area (TPSA) is 67.2 Å². The Bertz CT molecular complexity index is 336. The first-order valence-electron chi connectivity index (χ1n) is 5.64. The van der Waals surface area contributed by atoms with Gasteiger partial charge in [-0.15, -0.1) is 0 Å². The van der Waals surface area contributed by atoms with E-state index in [1.54, 1.807) is 10.9 Å². The van der Waals surface area contributed by atoms with E-state index in [2.05, 4.69) is 17.3 Å². The average molecular weight is 225 g/mol. The van der Waals surface area contributed by atoms with E-state index >= 15 is 0 Å². The van der Waals surface area contributed by atoms with Gasteiger partial charge in [0, 0.05) is 6.20 Å². The summed E-state index contributed by atoms with van der Waals surface area (Å²) in [5.41, 5.74) is 1.16. The van der Waals surface area contributed by atoms with Gasteiger partial charge in [-0.1, -0.05) is 20.3 Å². The molecule has 1 unspecified atom stereocenters. The molecule has 0 aliphatic carbocycles. The third-order valence-corrected chi connectivity index (χ3v) is 2.34. The van der Waals surface area contributed by atoms with Crippen molar-refractivity contribution < 1.29 is 9.90 Å². The number of rotatable bonds is 7. The molecule has 90 valence electrons. The van der Waals surface area contributed by atoms with E-state index in [4.69, 9.17) is 5.11 Å². The molecule has 0 amide bonds. The minimum Gasteiger partial charge on any atom is -0.480 e. The number of carboxylic acids is 1. The summed E-state index contributed by atoms with van der Waals surface area (Å²) in [5.74, 6) is -0.839. The lowest BCUT2D eigenvalue weighted by atomic mass is 10.2. The van der Waals surface area contributed by atoms with Crippen molar-refractivity contribution in [2.45, 2.75) is 39.3 Å². The van der Waals surface area contributed by atoms with Gasteiger partial charge in [0.15, 0.2) is 0 Å². The molecule has 0 saturated carbocycles. The Labute approximate surface area is 95.5 Å². The lowest BCUT2D eigenvalue weighted by Gasteiger charge is -2.12. The van der Waals surface area contributed by atoms with Gasteiger partial charge < -0.3 is 10.4 Å². The van der Waals surface area contributed by atoms with E-state index in [0.717, 1.165) is 18.4 Å². The molecule has 1 aromatic heterocycles. The minimum atomic E-state index is -0.839. The van der Waals surface area contributed by atoms with Gasteiger partial charge in [0.1, 0.15) is 6.04 Å². The van der Waals surface area contributed by atoms with Crippen LogP contribution in [0.15, 0.2) is 12.4 Å². The van der Waals surface area contributed by atoms with Crippen LogP contribution >= 0.6 is 0 Å². The quantitative estimate of drug-likeness (QED) is 0.723. The zero-order valence-electron chi connectivity index (χ0n) is 9.81. The summed E-state index contributed by atoms with van der Waals surface area (Å²) in [7, 11) is 0. The van der Waals surface area contributed by atoms with Crippen molar-refractivity contribution in [2.24, 2.45) is 0 Å². The molecule has 1 heterocycles. The Kier molecular flexibility index (Phi) is 4.98. The van der Waals surface area contributed by atoms with Gasteiger partial charge in [0.25, 0.3) is 0 Å². The Morgan fingerprint density at radius 1 is 1.62 bits per heavy atom. The normalized spacial score (nSPS) is 12.6. The fourth-order valence-corrected chi connectivity index (χ4v) is 1.59. The largest absolute Gasteiger partial charge is 0.480 e. The zero-order chi connectivity index (χ0) is 12.0. The number of aliphatic carboxylic acids is 1. The summed E-state index contributed by atoms with van der Waals surface area (Å²) in [4.78, 5) is 10.9. The first-order valence-corrected chi connectivity index (χ1v) is 5.64. The molecule has 0 saturated heterocycles. The van der Waals surface area contributed by atoms with Crippen LogP contribution in [0.1, 0.15) is 25.8 Å². The number of nitrogens with zero attached hydrogens (tertiary/aromatic N) is 2. The van der Waals surface area contributed by atoms with E-state index in [9.17, 15) is 4.79 Å². The molecule has 0 spiro atoms. The molecule has 1 rings (SSSR count). The van der Waals surface area contributed by atoms with Crippen LogP contribution in [-0.4, -0.2) is 33.4 Å². The maximum atomic E-state index is 10.9. The van der Waals surface area contributed by atoms with Gasteiger partial charge in [-0.2, -0.15) is 5.10 Å². The molecular formula is C11H19N3O2. The van der Waals surface area contributed by atoms with Crippen LogP contribution in [0.2, 0.25) is 0 Å². The number of aromatic nitrogens is 2. The second kappa shape index (κ2) is 6.27. The highest BCUT2D eigenvalue weighted by Crippen LogP contribution is 2.02. The number of hydrogen-bond acceptors (Lipinski definition) is 3. The molecule has 0 fully saturated rings. The number of carbonyl (C=O) groups is 1. The first-order chi connectivity index (χ1) is 7.67. The Hall–Kier alpha value is -1.36. The summed E-state index contributed by atoms with van der Waals surface area (Å²) < 4.78 is 1.69. The van der Waals surface area contributed by atoms with Gasteiger partial charge in [-0.25, -0.2) is 0 Å². The van der Waals surface area contributed by atoms with Crippen molar-refractivity contribution in [3.05, 3.63) is 18.0 Å². The van der Waals surface area contributed by atoms with Crippen LogP contribution in [0.25, 0.3) is 0 Å². The molecule has 16 heavy (non-hydrogen) atoms. The standard InChI is InChI=1S/C11H19N3O2/c1-3-5-9-6-13-14(7-9)8-10(11(15)16)12-4-2/h6-7,10,12H,3-5,8H2,1-2H3,(H,15,16). The lowest BCUT2D eigenvalue weighted by molar-refractivity contribution is -0.139. The monoisotopic (exact) mass is 225 g/mol. The van der Waals surface area contributed by atoms with Crippen LogP contribution in [0.3, 0.4) is 0 Å². The van der Waals surface area contributed by atoms with Gasteiger partial charge >= 0.3 is 5.97 Å². The van der Waals surface area contributed by atoms with Crippen molar-refractivity contribution in [3.8, 4) is 0 Å². The van der Waals surface area contributed by atoms with Crippen molar-refractivity contribution >= 4 is 5.97 Å². The van der Waals surface area contributed by atoms with Crippen molar-refractivity contribution in [1.29, 1.82) is 0 Å². The summed E-state index contributed by atoms with van der Waals surface area (Å²) in [6, 6.07) is -0.570. The molecule has 0 aliphatic heterocycles. The van der Waals surface area contributed by atoms with E-state index < -0.39 is 12.0 Å². The minimum absolute atomic E-state index is 0.368. The summed E-state index contributed by atoms with van der Waals surface area (Å²) in [5, 5.41) is 16.0. The molecule has 1 atom stereocenters. The van der Waals surface area contributed by atoms with E-state index in [1.165, 1.54) is 0 Å². The van der Waals surface area contributed by atoms with Crippen molar-refractivity contribution in [2.75, 3.05) is 6.54 Å². The molecule has 5 heteroatoms. The number of nitrogens with one attached hydrogen (secondary N) is 1. The number of likely N-dealkylation sites (N-methyl/N-ethyl adjacent to an activating group) is 1. The molecule has 0 aromatic carbocycles. The third-order valence-electron chi connectivity index (χ3n) is 2.34. The highest BCUT2D eigenvalue weighted by molar-refractivity contribution is 5.73.